The van der Waals surface area contributed by atoms with Crippen LogP contribution in [0.15, 0.2) is 30.0 Å². The fraction of sp³-hybridized carbons (Fsp3) is 0.444. The molecule has 0 saturated carbocycles. The lowest BCUT2D eigenvalue weighted by molar-refractivity contribution is -0.117. The van der Waals surface area contributed by atoms with Crippen LogP contribution in [-0.2, 0) is 9.53 Å². The number of carbonyl (C=O) groups excluding carboxylic acids is 1. The summed E-state index contributed by atoms with van der Waals surface area (Å²) in [5, 5.41) is 15.1. The van der Waals surface area contributed by atoms with Crippen LogP contribution in [0.1, 0.15) is 26.2 Å². The Bertz CT molecular complexity index is 626. The van der Waals surface area contributed by atoms with E-state index in [1.165, 1.54) is 13.3 Å². The monoisotopic (exact) mass is 365 g/mol. The zero-order valence-electron chi connectivity index (χ0n) is 14.6. The third-order valence-electron chi connectivity index (χ3n) is 3.29. The Morgan fingerprint density at radius 2 is 2.12 bits per heavy atom. The van der Waals surface area contributed by atoms with E-state index in [0.29, 0.717) is 36.0 Å². The molecule has 0 aliphatic heterocycles. The van der Waals surface area contributed by atoms with Crippen LogP contribution in [0.4, 0.5) is 5.69 Å². The first kappa shape index (κ1) is 20.8. The van der Waals surface area contributed by atoms with E-state index >= 15 is 0 Å². The molecule has 0 aromatic heterocycles. The number of nitriles is 1. The van der Waals surface area contributed by atoms with Gasteiger partial charge in [0.05, 0.1) is 12.1 Å². The highest BCUT2D eigenvalue weighted by Crippen LogP contribution is 2.27. The number of nitrogens with one attached hydrogen (secondary N) is 2. The van der Waals surface area contributed by atoms with E-state index < -0.39 is 5.91 Å². The van der Waals surface area contributed by atoms with Crippen LogP contribution in [0.2, 0.25) is 5.02 Å². The summed E-state index contributed by atoms with van der Waals surface area (Å²) >= 11 is 6.03. The first-order chi connectivity index (χ1) is 12.1. The molecule has 1 aromatic rings. The molecule has 1 aromatic carbocycles. The van der Waals surface area contributed by atoms with Gasteiger partial charge in [0.25, 0.3) is 5.91 Å². The Hall–Kier alpha value is -2.23. The number of amides is 1. The maximum atomic E-state index is 12.0. The van der Waals surface area contributed by atoms with Crippen molar-refractivity contribution in [1.82, 2.24) is 5.32 Å². The molecule has 2 N–H and O–H groups in total. The Balaban J connectivity index is 2.43. The molecule has 0 aliphatic carbocycles. The van der Waals surface area contributed by atoms with Gasteiger partial charge in [-0.2, -0.15) is 5.26 Å². The van der Waals surface area contributed by atoms with E-state index in [-0.39, 0.29) is 5.57 Å². The molecule has 0 radical (unpaired) electrons. The standard InChI is InChI=1S/C18H24ClN3O3/c1-3-4-9-25-10-5-8-21-18(23)14(12-20)13-22-15-6-7-17(24-2)16(19)11-15/h6-7,11,13,22H,3-5,8-10H2,1-2H3,(H,21,23)/b14-13-. The van der Waals surface area contributed by atoms with Crippen LogP contribution in [0.3, 0.4) is 0 Å². The number of hydrogen-bond acceptors (Lipinski definition) is 5. The summed E-state index contributed by atoms with van der Waals surface area (Å²) in [5.74, 6) is 0.124. The molecule has 1 amide bonds. The van der Waals surface area contributed by atoms with Crippen LogP contribution in [-0.4, -0.2) is 32.8 Å². The highest BCUT2D eigenvalue weighted by atomic mass is 35.5. The van der Waals surface area contributed by atoms with Crippen LogP contribution in [0.25, 0.3) is 0 Å². The average molecular weight is 366 g/mol. The second-order valence-electron chi connectivity index (χ2n) is 5.24. The predicted molar refractivity (Wildman–Crippen MR) is 98.7 cm³/mol. The highest BCUT2D eigenvalue weighted by Gasteiger charge is 2.08. The topological polar surface area (TPSA) is 83.4 Å². The lowest BCUT2D eigenvalue weighted by Crippen LogP contribution is -2.26. The SMILES string of the molecule is CCCCOCCCNC(=O)/C(C#N)=C\Nc1ccc(OC)c(Cl)c1. The van der Waals surface area contributed by atoms with Gasteiger partial charge in [0, 0.05) is 31.6 Å². The highest BCUT2D eigenvalue weighted by molar-refractivity contribution is 6.32. The second kappa shape index (κ2) is 12.2. The van der Waals surface area contributed by atoms with Crippen molar-refractivity contribution in [1.29, 1.82) is 5.26 Å². The molecule has 0 spiro atoms. The third-order valence-corrected chi connectivity index (χ3v) is 3.59. The number of hydrogen-bond donors (Lipinski definition) is 2. The molecule has 0 fully saturated rings. The van der Waals surface area contributed by atoms with Crippen LogP contribution in [0, 0.1) is 11.3 Å². The minimum absolute atomic E-state index is 0.0150. The summed E-state index contributed by atoms with van der Waals surface area (Å²) in [6, 6.07) is 6.96. The van der Waals surface area contributed by atoms with Gasteiger partial charge in [0.2, 0.25) is 0 Å². The molecule has 7 heteroatoms. The molecule has 0 unspecified atom stereocenters. The Morgan fingerprint density at radius 3 is 2.76 bits per heavy atom. The minimum Gasteiger partial charge on any atom is -0.495 e. The van der Waals surface area contributed by atoms with E-state index in [9.17, 15) is 4.79 Å². The maximum absolute atomic E-state index is 12.0. The molecule has 0 heterocycles. The van der Waals surface area contributed by atoms with Crippen molar-refractivity contribution >= 4 is 23.2 Å². The number of methoxy groups -OCH3 is 1. The molecule has 0 atom stereocenters. The van der Waals surface area contributed by atoms with E-state index in [0.717, 1.165) is 19.4 Å². The van der Waals surface area contributed by atoms with Crippen molar-refractivity contribution in [2.24, 2.45) is 0 Å². The van der Waals surface area contributed by atoms with Crippen molar-refractivity contribution < 1.29 is 14.3 Å². The molecule has 0 saturated heterocycles. The first-order valence-corrected chi connectivity index (χ1v) is 8.56. The van der Waals surface area contributed by atoms with Gasteiger partial charge < -0.3 is 20.1 Å². The van der Waals surface area contributed by atoms with Gasteiger partial charge in [-0.3, -0.25) is 4.79 Å². The number of anilines is 1. The predicted octanol–water partition coefficient (Wildman–Crippen LogP) is 3.49. The van der Waals surface area contributed by atoms with Crippen LogP contribution < -0.4 is 15.4 Å². The number of benzene rings is 1. The number of carbonyl (C=O) groups is 1. The zero-order chi connectivity index (χ0) is 18.5. The molecule has 25 heavy (non-hydrogen) atoms. The van der Waals surface area contributed by atoms with Crippen molar-refractivity contribution in [3.05, 3.63) is 35.0 Å². The number of unbranched alkanes of at least 4 members (excludes halogenated alkanes) is 1. The largest absolute Gasteiger partial charge is 0.495 e. The molecular weight excluding hydrogens is 342 g/mol. The van der Waals surface area contributed by atoms with Gasteiger partial charge in [0.1, 0.15) is 17.4 Å². The number of ether oxygens (including phenoxy) is 2. The number of rotatable bonds is 11. The van der Waals surface area contributed by atoms with E-state index in [4.69, 9.17) is 26.3 Å². The second-order valence-corrected chi connectivity index (χ2v) is 5.65. The molecular formula is C18H24ClN3O3. The average Bonchev–Trinajstić information content (AvgIpc) is 2.61. The Morgan fingerprint density at radius 1 is 1.36 bits per heavy atom. The Labute approximate surface area is 153 Å². The lowest BCUT2D eigenvalue weighted by Gasteiger charge is -2.07. The smallest absolute Gasteiger partial charge is 0.263 e. The fourth-order valence-electron chi connectivity index (χ4n) is 1.88. The summed E-state index contributed by atoms with van der Waals surface area (Å²) < 4.78 is 10.5. The molecule has 0 bridgehead atoms. The van der Waals surface area contributed by atoms with Crippen molar-refractivity contribution in [3.63, 3.8) is 0 Å². The fourth-order valence-corrected chi connectivity index (χ4v) is 2.14. The Kier molecular flexibility index (Phi) is 10.1. The molecule has 6 nitrogen and oxygen atoms in total. The summed E-state index contributed by atoms with van der Waals surface area (Å²) in [4.78, 5) is 12.0. The zero-order valence-corrected chi connectivity index (χ0v) is 15.4. The summed E-state index contributed by atoms with van der Waals surface area (Å²) in [6.07, 6.45) is 4.19. The van der Waals surface area contributed by atoms with Gasteiger partial charge in [-0.15, -0.1) is 0 Å². The van der Waals surface area contributed by atoms with E-state index in [1.807, 2.05) is 6.07 Å². The van der Waals surface area contributed by atoms with Crippen LogP contribution in [0.5, 0.6) is 5.75 Å². The number of nitrogens with zero attached hydrogens (tertiary/aromatic N) is 1. The van der Waals surface area contributed by atoms with Crippen molar-refractivity contribution in [2.75, 3.05) is 32.2 Å². The molecule has 136 valence electrons. The van der Waals surface area contributed by atoms with Gasteiger partial charge >= 0.3 is 0 Å². The summed E-state index contributed by atoms with van der Waals surface area (Å²) in [5.41, 5.74) is 0.634. The van der Waals surface area contributed by atoms with Crippen molar-refractivity contribution in [3.8, 4) is 11.8 Å². The first-order valence-electron chi connectivity index (χ1n) is 8.18. The summed E-state index contributed by atoms with van der Waals surface area (Å²) in [6.45, 7) is 3.89. The minimum atomic E-state index is -0.428. The van der Waals surface area contributed by atoms with Gasteiger partial charge in [-0.1, -0.05) is 24.9 Å². The normalized spacial score (nSPS) is 10.9. The summed E-state index contributed by atoms with van der Waals surface area (Å²) in [7, 11) is 1.53. The maximum Gasteiger partial charge on any atom is 0.263 e. The quantitative estimate of drug-likeness (QED) is 0.356. The van der Waals surface area contributed by atoms with Crippen molar-refractivity contribution in [2.45, 2.75) is 26.2 Å². The number of halogens is 1. The van der Waals surface area contributed by atoms with Gasteiger partial charge in [-0.25, -0.2) is 0 Å². The van der Waals surface area contributed by atoms with Crippen LogP contribution >= 0.6 is 11.6 Å². The third kappa shape index (κ3) is 7.92. The molecule has 0 aliphatic rings. The van der Waals surface area contributed by atoms with E-state index in [1.54, 1.807) is 18.2 Å². The van der Waals surface area contributed by atoms with E-state index in [2.05, 4.69) is 17.6 Å². The van der Waals surface area contributed by atoms with Gasteiger partial charge in [-0.05, 0) is 31.0 Å². The van der Waals surface area contributed by atoms with Gasteiger partial charge in [0.15, 0.2) is 0 Å². The molecule has 1 rings (SSSR count). The lowest BCUT2D eigenvalue weighted by atomic mass is 10.2.